The number of ether oxygens (including phenoxy) is 1. The maximum Gasteiger partial charge on any atom is 0.138 e. The molecule has 0 unspecified atom stereocenters. The van der Waals surface area contributed by atoms with E-state index < -0.39 is 0 Å². The lowest BCUT2D eigenvalue weighted by atomic mass is 9.88. The summed E-state index contributed by atoms with van der Waals surface area (Å²) in [5, 5.41) is 6.69. The third kappa shape index (κ3) is 4.50. The number of benzene rings is 1. The largest absolute Gasteiger partial charge is 0.489 e. The molecule has 0 saturated heterocycles. The van der Waals surface area contributed by atoms with E-state index in [2.05, 4.69) is 10.3 Å². The van der Waals surface area contributed by atoms with E-state index in [0.717, 1.165) is 35.3 Å². The lowest BCUT2D eigenvalue weighted by Crippen LogP contribution is -2.39. The van der Waals surface area contributed by atoms with Gasteiger partial charge >= 0.3 is 0 Å². The summed E-state index contributed by atoms with van der Waals surface area (Å²) >= 11 is 6.42. The van der Waals surface area contributed by atoms with Gasteiger partial charge in [0.1, 0.15) is 5.75 Å². The van der Waals surface area contributed by atoms with Crippen LogP contribution in [0.15, 0.2) is 30.6 Å². The molecule has 1 N–H and O–H groups in total. The van der Waals surface area contributed by atoms with Gasteiger partial charge in [0.05, 0.1) is 11.1 Å². The van der Waals surface area contributed by atoms with Gasteiger partial charge < -0.3 is 10.1 Å². The van der Waals surface area contributed by atoms with Crippen LogP contribution in [0.1, 0.15) is 57.8 Å². The lowest BCUT2D eigenvalue weighted by molar-refractivity contribution is 0.138. The Kier molecular flexibility index (Phi) is 5.96. The first-order valence-electron chi connectivity index (χ1n) is 10.2. The van der Waals surface area contributed by atoms with Gasteiger partial charge in [0.15, 0.2) is 0 Å². The van der Waals surface area contributed by atoms with Crippen LogP contribution in [-0.4, -0.2) is 23.7 Å². The molecule has 0 atom stereocenters. The Balaban J connectivity index is 1.28. The van der Waals surface area contributed by atoms with Gasteiger partial charge in [-0.25, -0.2) is 0 Å². The highest BCUT2D eigenvalue weighted by atomic mass is 35.5. The minimum absolute atomic E-state index is 0.277. The molecule has 1 heterocycles. The zero-order valence-electron chi connectivity index (χ0n) is 15.4. The van der Waals surface area contributed by atoms with Gasteiger partial charge in [-0.1, -0.05) is 30.9 Å². The molecule has 0 amide bonds. The van der Waals surface area contributed by atoms with Crippen LogP contribution in [0.3, 0.4) is 0 Å². The van der Waals surface area contributed by atoms with Crippen LogP contribution in [0.5, 0.6) is 5.75 Å². The molecule has 4 heteroatoms. The summed E-state index contributed by atoms with van der Waals surface area (Å²) in [6.45, 7) is 1.21. The number of aromatic nitrogens is 1. The number of pyridine rings is 1. The number of hydrogen-bond donors (Lipinski definition) is 1. The van der Waals surface area contributed by atoms with E-state index in [1.165, 1.54) is 51.5 Å². The first-order valence-corrected chi connectivity index (χ1v) is 10.6. The maximum atomic E-state index is 6.42. The Hall–Kier alpha value is -1.32. The van der Waals surface area contributed by atoms with Crippen LogP contribution < -0.4 is 10.1 Å². The molecule has 1 aromatic carbocycles. The molecular weight excluding hydrogens is 344 g/mol. The van der Waals surface area contributed by atoms with E-state index in [1.54, 1.807) is 0 Å². The summed E-state index contributed by atoms with van der Waals surface area (Å²) < 4.78 is 6.26. The Morgan fingerprint density at radius 2 is 1.81 bits per heavy atom. The Bertz CT molecular complexity index is 721. The third-order valence-corrected chi connectivity index (χ3v) is 6.37. The summed E-state index contributed by atoms with van der Waals surface area (Å²) in [7, 11) is 0. The fourth-order valence-corrected chi connectivity index (χ4v) is 4.68. The van der Waals surface area contributed by atoms with Gasteiger partial charge in [0.25, 0.3) is 0 Å². The molecule has 2 fully saturated rings. The van der Waals surface area contributed by atoms with Crippen LogP contribution >= 0.6 is 11.6 Å². The van der Waals surface area contributed by atoms with E-state index >= 15 is 0 Å². The van der Waals surface area contributed by atoms with Crippen molar-refractivity contribution in [3.8, 4) is 5.75 Å². The molecule has 2 aromatic rings. The summed E-state index contributed by atoms with van der Waals surface area (Å²) in [4.78, 5) is 4.15. The highest BCUT2D eigenvalue weighted by molar-refractivity contribution is 6.32. The van der Waals surface area contributed by atoms with Crippen molar-refractivity contribution in [3.05, 3.63) is 35.6 Å². The molecule has 2 aliphatic rings. The van der Waals surface area contributed by atoms with Crippen LogP contribution in [0.4, 0.5) is 0 Å². The highest BCUT2D eigenvalue weighted by Gasteiger charge is 2.24. The monoisotopic (exact) mass is 372 g/mol. The summed E-state index contributed by atoms with van der Waals surface area (Å²) in [5.41, 5.74) is 0. The molecule has 3 nitrogen and oxygen atoms in total. The molecule has 0 aliphatic heterocycles. The van der Waals surface area contributed by atoms with Crippen LogP contribution in [0.2, 0.25) is 5.02 Å². The molecule has 0 radical (unpaired) electrons. The maximum absolute atomic E-state index is 6.42. The molecule has 2 aliphatic carbocycles. The zero-order chi connectivity index (χ0) is 17.8. The van der Waals surface area contributed by atoms with Crippen LogP contribution in [-0.2, 0) is 0 Å². The number of hydrogen-bond acceptors (Lipinski definition) is 3. The van der Waals surface area contributed by atoms with Gasteiger partial charge in [-0.3, -0.25) is 4.98 Å². The predicted molar refractivity (Wildman–Crippen MR) is 108 cm³/mol. The number of nitrogens with one attached hydrogen (secondary N) is 1. The fourth-order valence-electron chi connectivity index (χ4n) is 4.47. The van der Waals surface area contributed by atoms with Gasteiger partial charge in [-0.15, -0.1) is 0 Å². The fraction of sp³-hybridized carbons (Fsp3) is 0.591. The average molecular weight is 373 g/mol. The van der Waals surface area contributed by atoms with Crippen molar-refractivity contribution in [1.82, 2.24) is 10.3 Å². The standard InChI is InChI=1S/C22H29ClN2O/c23-21-12-18-15-24-11-10-17(18)13-22(21)26-20-8-6-19(7-9-20)25-14-16-4-2-1-3-5-16/h10-13,15-16,19-20,25H,1-9,14H2/t19-,20-. The predicted octanol–water partition coefficient (Wildman–Crippen LogP) is 5.75. The van der Waals surface area contributed by atoms with Crippen molar-refractivity contribution in [2.75, 3.05) is 6.54 Å². The van der Waals surface area contributed by atoms with Crippen molar-refractivity contribution >= 4 is 22.4 Å². The van der Waals surface area contributed by atoms with Crippen molar-refractivity contribution in [2.45, 2.75) is 69.9 Å². The molecule has 2 saturated carbocycles. The molecule has 4 rings (SSSR count). The highest BCUT2D eigenvalue weighted by Crippen LogP contribution is 2.33. The first-order chi connectivity index (χ1) is 12.8. The van der Waals surface area contributed by atoms with Crippen molar-refractivity contribution < 1.29 is 4.74 Å². The summed E-state index contributed by atoms with van der Waals surface area (Å²) in [5.74, 6) is 1.72. The van der Waals surface area contributed by atoms with E-state index in [9.17, 15) is 0 Å². The lowest BCUT2D eigenvalue weighted by Gasteiger charge is -2.31. The second-order valence-corrected chi connectivity index (χ2v) is 8.42. The second kappa shape index (κ2) is 8.58. The second-order valence-electron chi connectivity index (χ2n) is 8.01. The van der Waals surface area contributed by atoms with Crippen molar-refractivity contribution in [1.29, 1.82) is 0 Å². The third-order valence-electron chi connectivity index (χ3n) is 6.08. The molecule has 1 aromatic heterocycles. The quantitative estimate of drug-likeness (QED) is 0.725. The Labute approximate surface area is 161 Å². The Morgan fingerprint density at radius 3 is 2.62 bits per heavy atom. The van der Waals surface area contributed by atoms with E-state index in [0.29, 0.717) is 11.1 Å². The molecule has 26 heavy (non-hydrogen) atoms. The zero-order valence-corrected chi connectivity index (χ0v) is 16.2. The molecule has 140 valence electrons. The van der Waals surface area contributed by atoms with Crippen LogP contribution in [0, 0.1) is 5.92 Å². The number of halogens is 1. The van der Waals surface area contributed by atoms with Crippen LogP contribution in [0.25, 0.3) is 10.8 Å². The topological polar surface area (TPSA) is 34.1 Å². The van der Waals surface area contributed by atoms with Gasteiger partial charge in [-0.05, 0) is 74.6 Å². The minimum Gasteiger partial charge on any atom is -0.489 e. The van der Waals surface area contributed by atoms with E-state index in [4.69, 9.17) is 16.3 Å². The SMILES string of the molecule is Clc1cc2cnccc2cc1O[C@H]1CC[C@H](NCC2CCCCC2)CC1. The minimum atomic E-state index is 0.277. The van der Waals surface area contributed by atoms with Crippen molar-refractivity contribution in [2.24, 2.45) is 5.92 Å². The Morgan fingerprint density at radius 1 is 1.00 bits per heavy atom. The smallest absolute Gasteiger partial charge is 0.138 e. The summed E-state index contributed by atoms with van der Waals surface area (Å²) in [6, 6.07) is 6.67. The van der Waals surface area contributed by atoms with Gasteiger partial charge in [-0.2, -0.15) is 0 Å². The molecule has 0 spiro atoms. The van der Waals surface area contributed by atoms with Crippen molar-refractivity contribution in [3.63, 3.8) is 0 Å². The molecular formula is C22H29ClN2O. The summed E-state index contributed by atoms with van der Waals surface area (Å²) in [6.07, 6.45) is 15.7. The average Bonchev–Trinajstić information content (AvgIpc) is 2.69. The van der Waals surface area contributed by atoms with Gasteiger partial charge in [0, 0.05) is 23.8 Å². The number of nitrogens with zero attached hydrogens (tertiary/aromatic N) is 1. The number of fused-ring (bicyclic) bond motifs is 1. The number of rotatable bonds is 5. The van der Waals surface area contributed by atoms with Gasteiger partial charge in [0.2, 0.25) is 0 Å². The first kappa shape index (κ1) is 18.1. The van der Waals surface area contributed by atoms with E-state index in [-0.39, 0.29) is 6.10 Å². The molecule has 0 bridgehead atoms. The normalized spacial score (nSPS) is 24.7. The van der Waals surface area contributed by atoms with E-state index in [1.807, 2.05) is 30.6 Å².